The second kappa shape index (κ2) is 8.51. The Balaban J connectivity index is 2.69. The lowest BCUT2D eigenvalue weighted by Gasteiger charge is -2.32. The minimum Gasteiger partial charge on any atom is -0.481 e. The summed E-state index contributed by atoms with van der Waals surface area (Å²) in [5.41, 5.74) is -1.21. The average molecular weight is 313 g/mol. The number of rotatable bonds is 10. The molecule has 0 unspecified atom stereocenters. The van der Waals surface area contributed by atoms with Gasteiger partial charge in [-0.05, 0) is 39.0 Å². The molecule has 0 spiro atoms. The molecule has 0 saturated heterocycles. The fraction of sp³-hybridized carbons (Fsp3) is 0.882. The van der Waals surface area contributed by atoms with Crippen LogP contribution in [0.4, 0.5) is 0 Å². The Labute approximate surface area is 133 Å². The minimum absolute atomic E-state index is 0.0113. The first-order valence-electron chi connectivity index (χ1n) is 8.56. The first kappa shape index (κ1) is 18.9. The lowest BCUT2D eigenvalue weighted by Crippen LogP contribution is -2.47. The van der Waals surface area contributed by atoms with E-state index in [4.69, 9.17) is 4.74 Å². The Morgan fingerprint density at radius 2 is 1.77 bits per heavy atom. The maximum absolute atomic E-state index is 12.7. The molecule has 22 heavy (non-hydrogen) atoms. The van der Waals surface area contributed by atoms with Crippen molar-refractivity contribution in [3.63, 3.8) is 0 Å². The smallest absolute Gasteiger partial charge is 0.311 e. The average Bonchev–Trinajstić information content (AvgIpc) is 2.98. The van der Waals surface area contributed by atoms with Crippen molar-refractivity contribution in [1.29, 1.82) is 0 Å². The highest BCUT2D eigenvalue weighted by molar-refractivity contribution is 5.84. The Kier molecular flexibility index (Phi) is 7.33. The predicted octanol–water partition coefficient (Wildman–Crippen LogP) is 2.98. The van der Waals surface area contributed by atoms with Crippen LogP contribution in [0.25, 0.3) is 0 Å². The van der Waals surface area contributed by atoms with E-state index in [1.807, 2.05) is 20.8 Å². The zero-order chi connectivity index (χ0) is 16.6. The quantitative estimate of drug-likeness (QED) is 0.608. The minimum atomic E-state index is -0.852. The number of carbonyl (C=O) groups excluding carboxylic acids is 1. The van der Waals surface area contributed by atoms with Crippen molar-refractivity contribution in [3.05, 3.63) is 0 Å². The van der Waals surface area contributed by atoms with E-state index in [2.05, 4.69) is 5.32 Å². The van der Waals surface area contributed by atoms with Crippen LogP contribution in [0.1, 0.15) is 65.7 Å². The van der Waals surface area contributed by atoms with Crippen molar-refractivity contribution < 1.29 is 19.4 Å². The van der Waals surface area contributed by atoms with Crippen molar-refractivity contribution in [2.24, 2.45) is 10.8 Å². The second-order valence-electron chi connectivity index (χ2n) is 6.41. The molecule has 1 aliphatic rings. The van der Waals surface area contributed by atoms with E-state index in [-0.39, 0.29) is 17.9 Å². The molecule has 2 N–H and O–H groups in total. The largest absolute Gasteiger partial charge is 0.481 e. The molecule has 0 atom stereocenters. The fourth-order valence-corrected chi connectivity index (χ4v) is 3.37. The van der Waals surface area contributed by atoms with Gasteiger partial charge in [-0.15, -0.1) is 0 Å². The van der Waals surface area contributed by atoms with Gasteiger partial charge >= 0.3 is 5.97 Å². The molecule has 1 rings (SSSR count). The summed E-state index contributed by atoms with van der Waals surface area (Å²) in [6.45, 7) is 7.14. The van der Waals surface area contributed by atoms with E-state index in [1.54, 1.807) is 0 Å². The molecular formula is C17H31NO4. The van der Waals surface area contributed by atoms with Crippen LogP contribution in [0.15, 0.2) is 0 Å². The van der Waals surface area contributed by atoms with Gasteiger partial charge in [-0.1, -0.05) is 26.7 Å². The summed E-state index contributed by atoms with van der Waals surface area (Å²) in [5.74, 6) is -0.815. The van der Waals surface area contributed by atoms with E-state index >= 15 is 0 Å². The molecule has 0 radical (unpaired) electrons. The third kappa shape index (κ3) is 4.22. The predicted molar refractivity (Wildman–Crippen MR) is 85.7 cm³/mol. The Morgan fingerprint density at radius 1 is 1.18 bits per heavy atom. The van der Waals surface area contributed by atoms with E-state index < -0.39 is 11.4 Å². The summed E-state index contributed by atoms with van der Waals surface area (Å²) in [4.78, 5) is 24.2. The standard InChI is InChI=1S/C17H31NO4/c1-4-16(5-2,15(20)21)13-18-14(19)17(9-7-8-10-17)11-12-22-6-3/h4-13H2,1-3H3,(H,18,19)(H,20,21). The molecule has 0 aromatic carbocycles. The maximum Gasteiger partial charge on any atom is 0.311 e. The number of carboxylic acid groups (broad SMARTS) is 1. The molecule has 0 aromatic rings. The summed E-state index contributed by atoms with van der Waals surface area (Å²) < 4.78 is 5.42. The van der Waals surface area contributed by atoms with Crippen LogP contribution in [0, 0.1) is 10.8 Å². The van der Waals surface area contributed by atoms with Crippen LogP contribution < -0.4 is 5.32 Å². The maximum atomic E-state index is 12.7. The highest BCUT2D eigenvalue weighted by Crippen LogP contribution is 2.41. The highest BCUT2D eigenvalue weighted by atomic mass is 16.5. The lowest BCUT2D eigenvalue weighted by molar-refractivity contribution is -0.149. The van der Waals surface area contributed by atoms with Gasteiger partial charge in [-0.25, -0.2) is 0 Å². The third-order valence-electron chi connectivity index (χ3n) is 5.37. The van der Waals surface area contributed by atoms with Crippen molar-refractivity contribution in [2.45, 2.75) is 65.7 Å². The third-order valence-corrected chi connectivity index (χ3v) is 5.37. The van der Waals surface area contributed by atoms with Gasteiger partial charge in [0, 0.05) is 19.8 Å². The summed E-state index contributed by atoms with van der Waals surface area (Å²) in [6, 6.07) is 0. The molecule has 0 bridgehead atoms. The van der Waals surface area contributed by atoms with Gasteiger partial charge in [-0.3, -0.25) is 9.59 Å². The van der Waals surface area contributed by atoms with E-state index in [0.717, 1.165) is 32.1 Å². The number of hydrogen-bond donors (Lipinski definition) is 2. The summed E-state index contributed by atoms with van der Waals surface area (Å²) in [7, 11) is 0. The zero-order valence-electron chi connectivity index (χ0n) is 14.2. The molecule has 0 aromatic heterocycles. The van der Waals surface area contributed by atoms with Crippen molar-refractivity contribution in [1.82, 2.24) is 5.32 Å². The number of carboxylic acids is 1. The summed E-state index contributed by atoms with van der Waals surface area (Å²) >= 11 is 0. The lowest BCUT2D eigenvalue weighted by atomic mass is 9.79. The highest BCUT2D eigenvalue weighted by Gasteiger charge is 2.42. The molecule has 1 saturated carbocycles. The zero-order valence-corrected chi connectivity index (χ0v) is 14.2. The van der Waals surface area contributed by atoms with Gasteiger partial charge in [0.25, 0.3) is 0 Å². The number of nitrogens with one attached hydrogen (secondary N) is 1. The van der Waals surface area contributed by atoms with Crippen LogP contribution in [-0.2, 0) is 14.3 Å². The molecule has 1 fully saturated rings. The monoisotopic (exact) mass is 313 g/mol. The van der Waals surface area contributed by atoms with E-state index in [0.29, 0.717) is 26.1 Å². The molecule has 1 aliphatic carbocycles. The molecule has 1 amide bonds. The molecule has 0 heterocycles. The van der Waals surface area contributed by atoms with Crippen molar-refractivity contribution in [3.8, 4) is 0 Å². The fourth-order valence-electron chi connectivity index (χ4n) is 3.37. The Hall–Kier alpha value is -1.10. The molecule has 5 heteroatoms. The van der Waals surface area contributed by atoms with Crippen LogP contribution in [-0.4, -0.2) is 36.7 Å². The van der Waals surface area contributed by atoms with E-state index in [9.17, 15) is 14.7 Å². The van der Waals surface area contributed by atoms with Crippen molar-refractivity contribution in [2.75, 3.05) is 19.8 Å². The van der Waals surface area contributed by atoms with Gasteiger partial charge in [0.05, 0.1) is 10.8 Å². The number of amides is 1. The van der Waals surface area contributed by atoms with Crippen LogP contribution >= 0.6 is 0 Å². The van der Waals surface area contributed by atoms with Crippen molar-refractivity contribution >= 4 is 11.9 Å². The van der Waals surface area contributed by atoms with E-state index in [1.165, 1.54) is 0 Å². The summed E-state index contributed by atoms with van der Waals surface area (Å²) in [6.07, 6.45) is 5.64. The Bertz CT molecular complexity index is 371. The number of hydrogen-bond acceptors (Lipinski definition) is 3. The topological polar surface area (TPSA) is 75.6 Å². The summed E-state index contributed by atoms with van der Waals surface area (Å²) in [5, 5.41) is 12.4. The number of aliphatic carboxylic acids is 1. The van der Waals surface area contributed by atoms with Crippen LogP contribution in [0.3, 0.4) is 0 Å². The SMILES string of the molecule is CCOCCC1(C(=O)NCC(CC)(CC)C(=O)O)CCCC1. The molecule has 0 aliphatic heterocycles. The van der Waals surface area contributed by atoms with Crippen LogP contribution in [0.2, 0.25) is 0 Å². The van der Waals surface area contributed by atoms with Gasteiger partial charge in [-0.2, -0.15) is 0 Å². The number of ether oxygens (including phenoxy) is 1. The van der Waals surface area contributed by atoms with Gasteiger partial charge in [0.15, 0.2) is 0 Å². The Morgan fingerprint density at radius 3 is 2.23 bits per heavy atom. The second-order valence-corrected chi connectivity index (χ2v) is 6.41. The van der Waals surface area contributed by atoms with Crippen LogP contribution in [0.5, 0.6) is 0 Å². The molecule has 5 nitrogen and oxygen atoms in total. The first-order chi connectivity index (χ1) is 10.5. The first-order valence-corrected chi connectivity index (χ1v) is 8.56. The molecule has 128 valence electrons. The van der Waals surface area contributed by atoms with Gasteiger partial charge in [0.1, 0.15) is 0 Å². The normalized spacial score (nSPS) is 17.4. The number of carbonyl (C=O) groups is 2. The van der Waals surface area contributed by atoms with Gasteiger partial charge < -0.3 is 15.2 Å². The van der Waals surface area contributed by atoms with Gasteiger partial charge in [0.2, 0.25) is 5.91 Å². The molecular weight excluding hydrogens is 282 g/mol.